The van der Waals surface area contributed by atoms with Crippen LogP contribution in [0.3, 0.4) is 0 Å². The van der Waals surface area contributed by atoms with Crippen molar-refractivity contribution in [3.8, 4) is 0 Å². The maximum absolute atomic E-state index is 5.73. The Balaban J connectivity index is 0.000000843. The van der Waals surface area contributed by atoms with E-state index in [1.54, 1.807) is 10.4 Å². The monoisotopic (exact) mass is 1030 g/mol. The van der Waals surface area contributed by atoms with Crippen LogP contribution in [0.25, 0.3) is 10.8 Å². The quantitative estimate of drug-likeness (QED) is 0.239. The van der Waals surface area contributed by atoms with E-state index in [1.165, 1.54) is 20.6 Å². The summed E-state index contributed by atoms with van der Waals surface area (Å²) >= 11 is 0. The van der Waals surface area contributed by atoms with Gasteiger partial charge in [0.1, 0.15) is 39.3 Å². The maximum atomic E-state index is 5.73. The van der Waals surface area contributed by atoms with Gasteiger partial charge in [0.05, 0.1) is 95.4 Å². The fourth-order valence-electron chi connectivity index (χ4n) is 6.10. The molecule has 0 aromatic heterocycles. The number of nitrogens with one attached hydrogen (secondary N) is 2. The summed E-state index contributed by atoms with van der Waals surface area (Å²) in [5.41, 5.74) is 0. The molecule has 0 amide bonds. The Morgan fingerprint density at radius 3 is 0.869 bits per heavy atom. The zero-order valence-electron chi connectivity index (χ0n) is 39.7. The average Bonchev–Trinajstić information content (AvgIpc) is 3.98. The number of ether oxygens (including phenoxy) is 7. The Kier molecular flexibility index (Phi) is 40.0. The van der Waals surface area contributed by atoms with Crippen LogP contribution >= 0.6 is 0 Å². The average molecular weight is 1030 g/mol. The minimum atomic E-state index is -0.981. The van der Waals surface area contributed by atoms with E-state index in [9.17, 15) is 0 Å². The van der Waals surface area contributed by atoms with Crippen molar-refractivity contribution in [2.45, 2.75) is 53.1 Å². The van der Waals surface area contributed by atoms with Crippen molar-refractivity contribution in [2.24, 2.45) is 0 Å². The molecule has 3 aliphatic rings. The Morgan fingerprint density at radius 2 is 0.705 bits per heavy atom. The van der Waals surface area contributed by atoms with Gasteiger partial charge in [-0.15, -0.1) is 0 Å². The first-order valence-electron chi connectivity index (χ1n) is 22.1. The van der Waals surface area contributed by atoms with Gasteiger partial charge in [0.2, 0.25) is 0 Å². The Morgan fingerprint density at radius 1 is 0.443 bits per heavy atom. The summed E-state index contributed by atoms with van der Waals surface area (Å²) in [6, 6.07) is 34.1. The number of hydrogen-bond donors (Lipinski definition) is 2. The normalized spacial score (nSPS) is 18.8. The zero-order valence-corrected chi connectivity index (χ0v) is 48.0. The van der Waals surface area contributed by atoms with Gasteiger partial charge in [-0.1, -0.05) is 87.8 Å². The van der Waals surface area contributed by atoms with Gasteiger partial charge in [0.15, 0.2) is 0 Å². The Bertz CT molecular complexity index is 1320. The summed E-state index contributed by atoms with van der Waals surface area (Å²) in [6.07, 6.45) is 0. The van der Waals surface area contributed by atoms with E-state index >= 15 is 0 Å². The molecule has 3 saturated heterocycles. The number of hydrogen-bond acceptors (Lipinski definition) is 7. The van der Waals surface area contributed by atoms with Crippen LogP contribution in [0.4, 0.5) is 0 Å². The van der Waals surface area contributed by atoms with Gasteiger partial charge < -0.3 is 43.0 Å². The molecule has 13 heteroatoms. The third-order valence-electron chi connectivity index (χ3n) is 9.84. The molecule has 7 rings (SSSR count). The third kappa shape index (κ3) is 32.7. The summed E-state index contributed by atoms with van der Waals surface area (Å²) in [4.78, 5) is 2.88. The van der Waals surface area contributed by atoms with E-state index in [1.807, 2.05) is 13.8 Å². The van der Waals surface area contributed by atoms with Crippen LogP contribution < -0.4 is 71.6 Å². The molecule has 4 aromatic carbocycles. The number of quaternary nitrogens is 2. The van der Waals surface area contributed by atoms with Gasteiger partial charge in [-0.2, -0.15) is 34.6 Å². The molecular weight excluding hydrogens is 952 g/mol. The number of rotatable bonds is 4. The first-order valence-corrected chi connectivity index (χ1v) is 29.1. The summed E-state index contributed by atoms with van der Waals surface area (Å²) in [7, 11) is -1.96. The van der Waals surface area contributed by atoms with Gasteiger partial charge in [0.25, 0.3) is 0 Å². The Hall–Kier alpha value is 0.487. The topological polar surface area (TPSA) is 73.5 Å². The van der Waals surface area contributed by atoms with Crippen LogP contribution in [0.1, 0.15) is 13.8 Å². The fraction of sp³-hybridized carbons (Fsp3) is 0.583. The molecule has 0 spiro atoms. The SMILES string of the molecule is C1COCC[NH+]2CCOCCOCC[NH+](CCO1)CCOCCOCC2.CCOCC.C[Si](C)(C)c1ccc[cH-]1.C[Si](C)(C)c1ccc[cH-]1.[Ce].[K+].c1ccc2ccccc2c1. The van der Waals surface area contributed by atoms with E-state index in [4.69, 9.17) is 33.2 Å². The van der Waals surface area contributed by atoms with Crippen molar-refractivity contribution in [1.82, 2.24) is 0 Å². The third-order valence-corrected chi connectivity index (χ3v) is 14.0. The van der Waals surface area contributed by atoms with Crippen molar-refractivity contribution in [1.29, 1.82) is 0 Å². The molecule has 3 aliphatic heterocycles. The zero-order chi connectivity index (χ0) is 42.9. The minimum absolute atomic E-state index is 0. The van der Waals surface area contributed by atoms with Crippen LogP contribution in [0, 0.1) is 41.7 Å². The molecular formula is C48H82CeKN2O7Si2+. The molecule has 338 valence electrons. The van der Waals surface area contributed by atoms with Gasteiger partial charge in [0, 0.05) is 55.0 Å². The van der Waals surface area contributed by atoms with Gasteiger partial charge >= 0.3 is 51.4 Å². The molecule has 2 bridgehead atoms. The molecule has 0 aliphatic carbocycles. The maximum Gasteiger partial charge on any atom is 1.00 e. The van der Waals surface area contributed by atoms with Crippen molar-refractivity contribution in [3.63, 3.8) is 0 Å². The second-order valence-electron chi connectivity index (χ2n) is 16.7. The van der Waals surface area contributed by atoms with Crippen LogP contribution in [-0.2, 0) is 33.2 Å². The summed E-state index contributed by atoms with van der Waals surface area (Å²) in [6.45, 7) is 33.9. The largest absolute Gasteiger partial charge is 1.00 e. The second kappa shape index (κ2) is 39.6. The molecule has 9 nitrogen and oxygen atoms in total. The summed E-state index contributed by atoms with van der Waals surface area (Å²) < 4.78 is 39.2. The van der Waals surface area contributed by atoms with Gasteiger partial charge in [-0.25, -0.2) is 24.3 Å². The van der Waals surface area contributed by atoms with Gasteiger partial charge in [-0.3, -0.25) is 0 Å². The van der Waals surface area contributed by atoms with Crippen molar-refractivity contribution >= 4 is 37.3 Å². The predicted molar refractivity (Wildman–Crippen MR) is 252 cm³/mol. The molecule has 0 radical (unpaired) electrons. The summed E-state index contributed by atoms with van der Waals surface area (Å²) in [5.74, 6) is 0. The van der Waals surface area contributed by atoms with Crippen LogP contribution in [-0.4, -0.2) is 148 Å². The van der Waals surface area contributed by atoms with Crippen molar-refractivity contribution < 1.29 is 136 Å². The van der Waals surface area contributed by atoms with Crippen molar-refractivity contribution in [2.75, 3.05) is 132 Å². The molecule has 0 unspecified atom stereocenters. The molecule has 3 fully saturated rings. The molecule has 2 N–H and O–H groups in total. The first kappa shape index (κ1) is 61.5. The standard InChI is InChI=1S/C18H36N2O6.C10H8.2C8H13Si.C4H10O.Ce.K/c1-7-21-13-14-24-10-4-20-5-11-25-17-15-22-8-2-19(1)3-9-23-16-18-26-12-6-20;1-2-6-10-8-4-3-7-9(10)5-1;2*1-9(2,3)8-6-4-5-7-8;1-3-5-4-2;;/h1-18H2;1-8H;2*4-7H,1-3H3;3-4H2,1-2H3;;/q;;2*-1;;;+1/p+2. The predicted octanol–water partition coefficient (Wildman–Crippen LogP) is 1.67. The van der Waals surface area contributed by atoms with Crippen LogP contribution in [0.2, 0.25) is 39.3 Å². The van der Waals surface area contributed by atoms with E-state index in [0.29, 0.717) is 39.6 Å². The van der Waals surface area contributed by atoms with E-state index < -0.39 is 16.1 Å². The number of benzene rings is 2. The smallest absolute Gasteiger partial charge is 0.382 e. The second-order valence-corrected chi connectivity index (χ2v) is 26.8. The minimum Gasteiger partial charge on any atom is -0.382 e. The summed E-state index contributed by atoms with van der Waals surface area (Å²) in [5, 5.41) is 5.74. The molecule has 3 heterocycles. The van der Waals surface area contributed by atoms with Crippen LogP contribution in [0.15, 0.2) is 97.1 Å². The fourth-order valence-corrected chi connectivity index (χ4v) is 8.48. The van der Waals surface area contributed by atoms with E-state index in [0.717, 1.165) is 92.1 Å². The molecule has 4 aromatic rings. The molecule has 61 heavy (non-hydrogen) atoms. The van der Waals surface area contributed by atoms with Gasteiger partial charge in [-0.05, 0) is 24.6 Å². The first-order chi connectivity index (χ1) is 28.5. The molecule has 0 atom stereocenters. The Labute approximate surface area is 449 Å². The van der Waals surface area contributed by atoms with Crippen molar-refractivity contribution in [3.05, 3.63) is 97.1 Å². The number of fused-ring (bicyclic) bond motifs is 22. The van der Waals surface area contributed by atoms with E-state index in [-0.39, 0.29) is 93.1 Å². The van der Waals surface area contributed by atoms with E-state index in [2.05, 4.69) is 136 Å². The molecule has 0 saturated carbocycles. The van der Waals surface area contributed by atoms with Crippen LogP contribution in [0.5, 0.6) is 0 Å².